The van der Waals surface area contributed by atoms with Gasteiger partial charge < -0.3 is 10.1 Å². The topological polar surface area (TPSA) is 79.9 Å². The number of amides is 1. The fourth-order valence-corrected chi connectivity index (χ4v) is 2.59. The normalized spacial score (nSPS) is 17.0. The second-order valence-corrected chi connectivity index (χ2v) is 5.53. The molecule has 23 heavy (non-hydrogen) atoms. The molecule has 1 unspecified atom stereocenters. The number of benzene rings is 1. The van der Waals surface area contributed by atoms with Crippen molar-refractivity contribution in [2.24, 2.45) is 5.92 Å². The molecule has 0 saturated carbocycles. The van der Waals surface area contributed by atoms with Gasteiger partial charge in [-0.15, -0.1) is 0 Å². The van der Waals surface area contributed by atoms with E-state index < -0.39 is 0 Å². The van der Waals surface area contributed by atoms with E-state index in [1.807, 2.05) is 24.3 Å². The predicted octanol–water partition coefficient (Wildman–Crippen LogP) is 2.45. The summed E-state index contributed by atoms with van der Waals surface area (Å²) in [6.07, 6.45) is 6.91. The number of aromatic nitrogens is 3. The molecule has 0 bridgehead atoms. The molecular formula is C17H20N4O2. The second-order valence-electron chi connectivity index (χ2n) is 5.53. The number of methoxy groups -OCH3 is 1. The average Bonchev–Trinajstić information content (AvgIpc) is 3.09. The van der Waals surface area contributed by atoms with Crippen LogP contribution in [-0.2, 0) is 11.3 Å². The zero-order valence-corrected chi connectivity index (χ0v) is 13.1. The van der Waals surface area contributed by atoms with Crippen LogP contribution in [0.3, 0.4) is 0 Å². The molecule has 0 aliphatic heterocycles. The lowest BCUT2D eigenvalue weighted by molar-refractivity contribution is -0.125. The van der Waals surface area contributed by atoms with Crippen LogP contribution in [0, 0.1) is 5.92 Å². The fourth-order valence-electron chi connectivity index (χ4n) is 2.59. The summed E-state index contributed by atoms with van der Waals surface area (Å²) in [5.41, 5.74) is 0.900. The van der Waals surface area contributed by atoms with E-state index in [9.17, 15) is 4.79 Å². The van der Waals surface area contributed by atoms with Gasteiger partial charge in [-0.2, -0.15) is 5.10 Å². The lowest BCUT2D eigenvalue weighted by atomic mass is 9.94. The summed E-state index contributed by atoms with van der Waals surface area (Å²) >= 11 is 0. The van der Waals surface area contributed by atoms with E-state index in [1.54, 1.807) is 7.11 Å². The van der Waals surface area contributed by atoms with E-state index in [2.05, 4.69) is 32.7 Å². The molecule has 3 rings (SSSR count). The SMILES string of the molecule is COc1ccc(-c2n[nH]c(CNC(=O)C3CC=CCC3)n2)cc1. The molecule has 1 heterocycles. The summed E-state index contributed by atoms with van der Waals surface area (Å²) in [5.74, 6) is 2.20. The molecule has 1 aromatic carbocycles. The van der Waals surface area contributed by atoms with E-state index in [-0.39, 0.29) is 11.8 Å². The van der Waals surface area contributed by atoms with Gasteiger partial charge in [-0.25, -0.2) is 4.98 Å². The Morgan fingerprint density at radius 2 is 2.17 bits per heavy atom. The molecule has 6 nitrogen and oxygen atoms in total. The number of hydrogen-bond donors (Lipinski definition) is 2. The number of nitrogens with zero attached hydrogens (tertiary/aromatic N) is 2. The van der Waals surface area contributed by atoms with Crippen molar-refractivity contribution in [3.05, 3.63) is 42.2 Å². The number of ether oxygens (including phenoxy) is 1. The predicted molar refractivity (Wildman–Crippen MR) is 86.7 cm³/mol. The van der Waals surface area contributed by atoms with Crippen LogP contribution in [0.25, 0.3) is 11.4 Å². The molecule has 6 heteroatoms. The average molecular weight is 312 g/mol. The summed E-state index contributed by atoms with van der Waals surface area (Å²) in [7, 11) is 1.63. The van der Waals surface area contributed by atoms with Crippen molar-refractivity contribution >= 4 is 5.91 Å². The van der Waals surface area contributed by atoms with Crippen LogP contribution in [0.1, 0.15) is 25.1 Å². The van der Waals surface area contributed by atoms with Gasteiger partial charge in [0.2, 0.25) is 5.91 Å². The van der Waals surface area contributed by atoms with E-state index >= 15 is 0 Å². The van der Waals surface area contributed by atoms with Gasteiger partial charge >= 0.3 is 0 Å². The Bertz CT molecular complexity index is 691. The number of hydrogen-bond acceptors (Lipinski definition) is 4. The summed E-state index contributed by atoms with van der Waals surface area (Å²) in [6.45, 7) is 0.363. The molecule has 0 fully saturated rings. The van der Waals surface area contributed by atoms with Crippen LogP contribution in [0.4, 0.5) is 0 Å². The van der Waals surface area contributed by atoms with E-state index in [0.717, 1.165) is 30.6 Å². The van der Waals surface area contributed by atoms with Gasteiger partial charge in [-0.3, -0.25) is 9.89 Å². The third-order valence-electron chi connectivity index (χ3n) is 3.95. The Morgan fingerprint density at radius 3 is 2.87 bits per heavy atom. The highest BCUT2D eigenvalue weighted by Gasteiger charge is 2.18. The molecule has 1 aliphatic carbocycles. The van der Waals surface area contributed by atoms with Crippen molar-refractivity contribution in [1.29, 1.82) is 0 Å². The van der Waals surface area contributed by atoms with Gasteiger partial charge in [-0.05, 0) is 43.5 Å². The maximum absolute atomic E-state index is 12.1. The third-order valence-corrected chi connectivity index (χ3v) is 3.95. The van der Waals surface area contributed by atoms with Crippen LogP contribution < -0.4 is 10.1 Å². The highest BCUT2D eigenvalue weighted by molar-refractivity contribution is 5.78. The maximum atomic E-state index is 12.1. The van der Waals surface area contributed by atoms with Crippen molar-refractivity contribution in [3.63, 3.8) is 0 Å². The molecule has 1 aromatic heterocycles. The number of carbonyl (C=O) groups excluding carboxylic acids is 1. The minimum Gasteiger partial charge on any atom is -0.497 e. The molecular weight excluding hydrogens is 292 g/mol. The van der Waals surface area contributed by atoms with Gasteiger partial charge in [-0.1, -0.05) is 12.2 Å². The Balaban J connectivity index is 1.58. The monoisotopic (exact) mass is 312 g/mol. The number of rotatable bonds is 5. The first-order valence-corrected chi connectivity index (χ1v) is 7.74. The Morgan fingerprint density at radius 1 is 1.35 bits per heavy atom. The molecule has 1 atom stereocenters. The molecule has 2 aromatic rings. The van der Waals surface area contributed by atoms with Crippen molar-refractivity contribution in [2.75, 3.05) is 7.11 Å². The van der Waals surface area contributed by atoms with E-state index in [1.165, 1.54) is 0 Å². The standard InChI is InChI=1S/C17H20N4O2/c1-23-14-9-7-12(8-10-14)16-19-15(20-21-16)11-18-17(22)13-5-3-2-4-6-13/h2-3,7-10,13H,4-6,11H2,1H3,(H,18,22)(H,19,20,21). The van der Waals surface area contributed by atoms with Crippen LogP contribution in [0.5, 0.6) is 5.75 Å². The van der Waals surface area contributed by atoms with Gasteiger partial charge in [0.25, 0.3) is 0 Å². The lowest BCUT2D eigenvalue weighted by Crippen LogP contribution is -2.31. The van der Waals surface area contributed by atoms with Crippen molar-refractivity contribution in [3.8, 4) is 17.1 Å². The quantitative estimate of drug-likeness (QED) is 0.831. The smallest absolute Gasteiger partial charge is 0.223 e. The molecule has 1 amide bonds. The zero-order chi connectivity index (χ0) is 16.1. The Labute approximate surface area is 135 Å². The number of nitrogens with one attached hydrogen (secondary N) is 2. The number of aromatic amines is 1. The molecule has 0 saturated heterocycles. The number of carbonyl (C=O) groups is 1. The maximum Gasteiger partial charge on any atom is 0.223 e. The van der Waals surface area contributed by atoms with Gasteiger partial charge in [0, 0.05) is 11.5 Å². The highest BCUT2D eigenvalue weighted by atomic mass is 16.5. The van der Waals surface area contributed by atoms with Crippen molar-refractivity contribution in [1.82, 2.24) is 20.5 Å². The largest absolute Gasteiger partial charge is 0.497 e. The van der Waals surface area contributed by atoms with Gasteiger partial charge in [0.15, 0.2) is 5.82 Å². The van der Waals surface area contributed by atoms with Crippen LogP contribution >= 0.6 is 0 Å². The molecule has 2 N–H and O–H groups in total. The van der Waals surface area contributed by atoms with Crippen LogP contribution in [0.15, 0.2) is 36.4 Å². The fraction of sp³-hybridized carbons (Fsp3) is 0.353. The van der Waals surface area contributed by atoms with Crippen molar-refractivity contribution < 1.29 is 9.53 Å². The van der Waals surface area contributed by atoms with Crippen LogP contribution in [0.2, 0.25) is 0 Å². The number of allylic oxidation sites excluding steroid dienone is 2. The van der Waals surface area contributed by atoms with Gasteiger partial charge in [0.05, 0.1) is 13.7 Å². The summed E-state index contributed by atoms with van der Waals surface area (Å²) in [4.78, 5) is 16.5. The van der Waals surface area contributed by atoms with E-state index in [0.29, 0.717) is 18.2 Å². The van der Waals surface area contributed by atoms with Crippen molar-refractivity contribution in [2.45, 2.75) is 25.8 Å². The first-order valence-electron chi connectivity index (χ1n) is 7.74. The molecule has 1 aliphatic rings. The molecule has 120 valence electrons. The number of H-pyrrole nitrogens is 1. The Kier molecular flexibility index (Phi) is 4.71. The lowest BCUT2D eigenvalue weighted by Gasteiger charge is -2.16. The summed E-state index contributed by atoms with van der Waals surface area (Å²) < 4.78 is 5.13. The van der Waals surface area contributed by atoms with Gasteiger partial charge in [0.1, 0.15) is 11.6 Å². The zero-order valence-electron chi connectivity index (χ0n) is 13.1. The first kappa shape index (κ1) is 15.3. The summed E-state index contributed by atoms with van der Waals surface area (Å²) in [5, 5.41) is 9.99. The van der Waals surface area contributed by atoms with E-state index in [4.69, 9.17) is 4.74 Å². The first-order chi connectivity index (χ1) is 11.3. The molecule has 0 spiro atoms. The van der Waals surface area contributed by atoms with Crippen LogP contribution in [-0.4, -0.2) is 28.2 Å². The Hall–Kier alpha value is -2.63. The summed E-state index contributed by atoms with van der Waals surface area (Å²) in [6, 6.07) is 7.53. The minimum absolute atomic E-state index is 0.0731. The third kappa shape index (κ3) is 3.77. The second kappa shape index (κ2) is 7.09. The highest BCUT2D eigenvalue weighted by Crippen LogP contribution is 2.20. The minimum atomic E-state index is 0.0731. The molecule has 0 radical (unpaired) electrons.